The molecule has 1 aliphatic heterocycles. The number of benzene rings is 4. The number of rotatable bonds is 4. The van der Waals surface area contributed by atoms with Gasteiger partial charge in [-0.2, -0.15) is 34.5 Å². The monoisotopic (exact) mass is 507 g/mol. The van der Waals surface area contributed by atoms with Gasteiger partial charge in [-0.3, -0.25) is 0 Å². The first-order valence-electron chi connectivity index (χ1n) is 10.1. The van der Waals surface area contributed by atoms with Gasteiger partial charge in [-0.05, 0) is 41.6 Å². The van der Waals surface area contributed by atoms with E-state index in [0.717, 1.165) is 11.3 Å². The molecule has 5 rings (SSSR count). The van der Waals surface area contributed by atoms with Crippen molar-refractivity contribution in [2.45, 2.75) is 6.42 Å². The van der Waals surface area contributed by atoms with Crippen LogP contribution in [0.2, 0.25) is 0 Å². The van der Waals surface area contributed by atoms with Gasteiger partial charge in [-0.1, -0.05) is 48.9 Å². The molecule has 0 saturated heterocycles. The van der Waals surface area contributed by atoms with Crippen molar-refractivity contribution in [3.8, 4) is 11.5 Å². The van der Waals surface area contributed by atoms with Crippen LogP contribution in [-0.2, 0) is 39.1 Å². The number of hydrogen-bond acceptors (Lipinski definition) is 6. The summed E-state index contributed by atoms with van der Waals surface area (Å²) in [5, 5.41) is 17.4. The molecule has 0 saturated carbocycles. The minimum atomic E-state index is 0. The topological polar surface area (TPSA) is 67.9 Å². The maximum Gasteiger partial charge on any atom is 0.125 e. The van der Waals surface area contributed by atoms with Crippen molar-refractivity contribution in [2.75, 3.05) is 0 Å². The second-order valence-corrected chi connectivity index (χ2v) is 6.96. The van der Waals surface area contributed by atoms with E-state index in [1.807, 2.05) is 91.0 Å². The van der Waals surface area contributed by atoms with Crippen molar-refractivity contribution in [2.24, 2.45) is 20.5 Å². The van der Waals surface area contributed by atoms with Gasteiger partial charge in [0.25, 0.3) is 0 Å². The molecular formula is C26H18N4O2Y-2. The fourth-order valence-electron chi connectivity index (χ4n) is 3.17. The molecule has 1 radical (unpaired) electrons. The van der Waals surface area contributed by atoms with Crippen LogP contribution < -0.4 is 9.47 Å². The molecule has 1 heterocycles. The molecule has 0 atom stereocenters. The summed E-state index contributed by atoms with van der Waals surface area (Å²) in [7, 11) is 0. The predicted molar refractivity (Wildman–Crippen MR) is 121 cm³/mol. The second kappa shape index (κ2) is 11.1. The molecule has 4 aromatic rings. The maximum absolute atomic E-state index is 6.23. The van der Waals surface area contributed by atoms with Crippen molar-refractivity contribution < 1.29 is 42.2 Å². The van der Waals surface area contributed by atoms with Gasteiger partial charge in [-0.15, -0.1) is 16.3 Å². The summed E-state index contributed by atoms with van der Waals surface area (Å²) in [6, 6.07) is 33.1. The van der Waals surface area contributed by atoms with E-state index in [1.54, 1.807) is 6.07 Å². The zero-order valence-corrected chi connectivity index (χ0v) is 20.5. The van der Waals surface area contributed by atoms with Crippen LogP contribution in [0.1, 0.15) is 5.56 Å². The summed E-state index contributed by atoms with van der Waals surface area (Å²) in [5.41, 5.74) is 3.55. The fourth-order valence-corrected chi connectivity index (χ4v) is 3.17. The predicted octanol–water partition coefficient (Wildman–Crippen LogP) is 7.82. The molecule has 0 fully saturated rings. The zero-order valence-electron chi connectivity index (χ0n) is 17.6. The Balaban J connectivity index is 0.00000259. The van der Waals surface area contributed by atoms with Crippen molar-refractivity contribution in [1.29, 1.82) is 0 Å². The minimum absolute atomic E-state index is 0. The number of para-hydroxylation sites is 2. The van der Waals surface area contributed by atoms with Crippen molar-refractivity contribution >= 4 is 22.7 Å². The first-order chi connectivity index (χ1) is 15.8. The third kappa shape index (κ3) is 5.78. The summed E-state index contributed by atoms with van der Waals surface area (Å²) in [6.07, 6.45) is 0.799. The van der Waals surface area contributed by atoms with Gasteiger partial charge < -0.3 is 9.47 Å². The average molecular weight is 507 g/mol. The van der Waals surface area contributed by atoms with E-state index in [-0.39, 0.29) is 32.7 Å². The standard InChI is InChI=1S/C26H18N4O2.Y/c1-2-11-20(12-3-1)27-29-22-14-6-8-16-24(22)31-26-18-19-10-4-5-13-21(19)28-30-23-15-7-9-17-25(23)32-26;/h1-11,13-17H,18H2;/q-2;. The molecule has 6 nitrogen and oxygen atoms in total. The number of azo groups is 2. The summed E-state index contributed by atoms with van der Waals surface area (Å²) >= 11 is 0. The molecule has 0 unspecified atom stereocenters. The minimum Gasteiger partial charge on any atom is -0.618 e. The number of nitrogens with zero attached hydrogens (tertiary/aromatic N) is 4. The molecule has 159 valence electrons. The quantitative estimate of drug-likeness (QED) is 0.209. The average Bonchev–Trinajstić information content (AvgIpc) is 2.91. The number of ether oxygens (including phenoxy) is 2. The number of fused-ring (bicyclic) bond motifs is 2. The fraction of sp³-hybridized carbons (Fsp3) is 0.0385. The van der Waals surface area contributed by atoms with E-state index < -0.39 is 0 Å². The summed E-state index contributed by atoms with van der Waals surface area (Å²) < 4.78 is 12.4. The normalized spacial score (nSPS) is 13.0. The smallest absolute Gasteiger partial charge is 0.125 e. The maximum atomic E-state index is 6.23. The Bertz CT molecular complexity index is 1230. The first-order valence-corrected chi connectivity index (χ1v) is 10.1. The molecule has 0 amide bonds. The molecule has 0 aromatic heterocycles. The van der Waals surface area contributed by atoms with Gasteiger partial charge in [0, 0.05) is 39.0 Å². The Morgan fingerprint density at radius 2 is 1.52 bits per heavy atom. The molecule has 0 spiro atoms. The van der Waals surface area contributed by atoms with E-state index in [2.05, 4.69) is 26.5 Å². The molecule has 1 aliphatic rings. The van der Waals surface area contributed by atoms with Crippen LogP contribution in [0.25, 0.3) is 0 Å². The van der Waals surface area contributed by atoms with Crippen molar-refractivity contribution in [3.05, 3.63) is 115 Å². The van der Waals surface area contributed by atoms with Crippen LogP contribution in [0, 0.1) is 12.4 Å². The summed E-state index contributed by atoms with van der Waals surface area (Å²) in [5.74, 6) is 1.10. The van der Waals surface area contributed by atoms with Crippen LogP contribution in [0.3, 0.4) is 0 Å². The van der Waals surface area contributed by atoms with Gasteiger partial charge in [0.05, 0.1) is 5.69 Å². The Morgan fingerprint density at radius 1 is 0.788 bits per heavy atom. The van der Waals surface area contributed by atoms with Crippen molar-refractivity contribution in [1.82, 2.24) is 0 Å². The Labute approximate surface area is 217 Å². The van der Waals surface area contributed by atoms with Gasteiger partial charge in [0.1, 0.15) is 22.9 Å². The van der Waals surface area contributed by atoms with E-state index in [1.165, 1.54) is 0 Å². The van der Waals surface area contributed by atoms with Crippen LogP contribution in [-0.4, -0.2) is 0 Å². The second-order valence-electron chi connectivity index (χ2n) is 6.96. The molecule has 7 heteroatoms. The Morgan fingerprint density at radius 3 is 2.39 bits per heavy atom. The van der Waals surface area contributed by atoms with E-state index in [9.17, 15) is 0 Å². The Hall–Kier alpha value is -3.22. The molecule has 4 aromatic carbocycles. The summed E-state index contributed by atoms with van der Waals surface area (Å²) in [6.45, 7) is 0. The SMILES string of the molecule is [Y].[c-]1ccccc1N=Nc1ccccc1O[C-]1Cc2ccccc2N=Nc2ccccc2O1. The van der Waals surface area contributed by atoms with E-state index >= 15 is 0 Å². The molecular weight excluding hydrogens is 489 g/mol. The van der Waals surface area contributed by atoms with Crippen LogP contribution >= 0.6 is 0 Å². The molecule has 0 N–H and O–H groups in total. The molecule has 33 heavy (non-hydrogen) atoms. The largest absolute Gasteiger partial charge is 0.618 e. The van der Waals surface area contributed by atoms with Crippen LogP contribution in [0.5, 0.6) is 11.5 Å². The van der Waals surface area contributed by atoms with E-state index in [0.29, 0.717) is 41.3 Å². The molecule has 0 aliphatic carbocycles. The van der Waals surface area contributed by atoms with Gasteiger partial charge in [-0.25, -0.2) is 0 Å². The van der Waals surface area contributed by atoms with Gasteiger partial charge >= 0.3 is 0 Å². The van der Waals surface area contributed by atoms with Crippen LogP contribution in [0.15, 0.2) is 118 Å². The Kier molecular flexibility index (Phi) is 7.71. The zero-order chi connectivity index (χ0) is 21.6. The van der Waals surface area contributed by atoms with Gasteiger partial charge in [0.2, 0.25) is 0 Å². The van der Waals surface area contributed by atoms with Crippen molar-refractivity contribution in [3.63, 3.8) is 0 Å². The summed E-state index contributed by atoms with van der Waals surface area (Å²) in [4.78, 5) is 0. The third-order valence-electron chi connectivity index (χ3n) is 4.73. The molecule has 0 bridgehead atoms. The number of hydrogen-bond donors (Lipinski definition) is 0. The van der Waals surface area contributed by atoms with E-state index in [4.69, 9.17) is 9.47 Å². The third-order valence-corrected chi connectivity index (χ3v) is 4.73. The van der Waals surface area contributed by atoms with Crippen LogP contribution in [0.4, 0.5) is 22.7 Å². The van der Waals surface area contributed by atoms with Gasteiger partial charge in [0.15, 0.2) is 0 Å². The first kappa shape index (κ1) is 23.0.